The van der Waals surface area contributed by atoms with Gasteiger partial charge >= 0.3 is 0 Å². The number of hydrogen-bond donors (Lipinski definition) is 0. The maximum absolute atomic E-state index is 11.4. The summed E-state index contributed by atoms with van der Waals surface area (Å²) in [5.41, 5.74) is 4.03. The first-order chi connectivity index (χ1) is 10.9. The van der Waals surface area contributed by atoms with Crippen LogP contribution >= 0.6 is 0 Å². The van der Waals surface area contributed by atoms with Gasteiger partial charge in [0.25, 0.3) is 0 Å². The quantitative estimate of drug-likeness (QED) is 0.423. The maximum atomic E-state index is 11.4. The number of carbonyl (C=O) groups is 1. The zero-order valence-electron chi connectivity index (χ0n) is 12.4. The number of fused-ring (bicyclic) bond motifs is 14. The summed E-state index contributed by atoms with van der Waals surface area (Å²) in [7, 11) is 0. The summed E-state index contributed by atoms with van der Waals surface area (Å²) in [6.45, 7) is 0. The third-order valence-corrected chi connectivity index (χ3v) is 7.09. The molecule has 6 atom stereocenters. The molecule has 6 rings (SSSR count). The molecule has 0 aromatic heterocycles. The lowest BCUT2D eigenvalue weighted by molar-refractivity contribution is 0.112. The van der Waals surface area contributed by atoms with Gasteiger partial charge < -0.3 is 0 Å². The molecular weight excluding hydrogens is 268 g/mol. The number of rotatable bonds is 1. The number of hydrogen-bond acceptors (Lipinski definition) is 1. The lowest BCUT2D eigenvalue weighted by atomic mass is 9.70. The number of allylic oxidation sites excluding steroid dienone is 2. The van der Waals surface area contributed by atoms with Crippen LogP contribution in [0.25, 0.3) is 10.8 Å². The van der Waals surface area contributed by atoms with Crippen molar-refractivity contribution >= 4 is 17.1 Å². The first kappa shape index (κ1) is 11.6. The average molecular weight is 286 g/mol. The number of benzene rings is 2. The molecule has 2 aromatic rings. The minimum absolute atomic E-state index is 0.732. The van der Waals surface area contributed by atoms with Crippen molar-refractivity contribution in [3.05, 3.63) is 59.2 Å². The summed E-state index contributed by atoms with van der Waals surface area (Å²) < 4.78 is 0. The van der Waals surface area contributed by atoms with E-state index in [0.717, 1.165) is 52.7 Å². The molecule has 0 N–H and O–H groups in total. The first-order valence-electron chi connectivity index (χ1n) is 8.56. The van der Waals surface area contributed by atoms with Crippen molar-refractivity contribution in [2.45, 2.75) is 24.7 Å². The van der Waals surface area contributed by atoms with Crippen LogP contribution in [0.3, 0.4) is 0 Å². The molecule has 0 radical (unpaired) electrons. The summed E-state index contributed by atoms with van der Waals surface area (Å²) in [5.74, 6) is 4.94. The maximum Gasteiger partial charge on any atom is 0.150 e. The Hall–Kier alpha value is -1.89. The van der Waals surface area contributed by atoms with Gasteiger partial charge in [-0.15, -0.1) is 0 Å². The summed E-state index contributed by atoms with van der Waals surface area (Å²) in [6, 6.07) is 10.8. The monoisotopic (exact) mass is 286 g/mol. The fraction of sp³-hybridized carbons (Fsp3) is 0.381. The van der Waals surface area contributed by atoms with Crippen molar-refractivity contribution in [3.63, 3.8) is 0 Å². The molecule has 0 aliphatic heterocycles. The highest BCUT2D eigenvalue weighted by Crippen LogP contribution is 2.70. The Balaban J connectivity index is 1.63. The Labute approximate surface area is 130 Å². The van der Waals surface area contributed by atoms with Gasteiger partial charge in [0.1, 0.15) is 0 Å². The lowest BCUT2D eigenvalue weighted by Gasteiger charge is -2.34. The highest BCUT2D eigenvalue weighted by atomic mass is 16.1. The summed E-state index contributed by atoms with van der Waals surface area (Å²) in [5, 5.41) is 2.50. The highest BCUT2D eigenvalue weighted by Gasteiger charge is 2.60. The van der Waals surface area contributed by atoms with E-state index in [0.29, 0.717) is 0 Å². The van der Waals surface area contributed by atoms with E-state index in [4.69, 9.17) is 0 Å². The van der Waals surface area contributed by atoms with Gasteiger partial charge in [0.2, 0.25) is 0 Å². The number of aldehydes is 1. The predicted octanol–water partition coefficient (Wildman–Crippen LogP) is 4.68. The summed E-state index contributed by atoms with van der Waals surface area (Å²) >= 11 is 0. The second-order valence-electron chi connectivity index (χ2n) is 7.68. The van der Waals surface area contributed by atoms with Gasteiger partial charge in [0.15, 0.2) is 6.29 Å². The zero-order chi connectivity index (χ0) is 14.4. The van der Waals surface area contributed by atoms with Crippen LogP contribution in [0.4, 0.5) is 0 Å². The highest BCUT2D eigenvalue weighted by molar-refractivity contribution is 6.00. The van der Waals surface area contributed by atoms with Gasteiger partial charge in [-0.1, -0.05) is 42.5 Å². The topological polar surface area (TPSA) is 17.1 Å². The van der Waals surface area contributed by atoms with Gasteiger partial charge in [-0.3, -0.25) is 4.79 Å². The molecule has 4 aliphatic carbocycles. The van der Waals surface area contributed by atoms with Gasteiger partial charge in [-0.25, -0.2) is 0 Å². The molecule has 1 heteroatoms. The lowest BCUT2D eigenvalue weighted by Crippen LogP contribution is -2.25. The molecular formula is C21H18O. The SMILES string of the molecule is O=Cc1cccc2c3c(ccc12)C1CC3C2C3C=CC(C3)C12. The molecule has 6 unspecified atom stereocenters. The average Bonchev–Trinajstić information content (AvgIpc) is 3.31. The smallest absolute Gasteiger partial charge is 0.150 e. The molecule has 1 nitrogen and oxygen atoms in total. The van der Waals surface area contributed by atoms with E-state index < -0.39 is 0 Å². The molecule has 0 spiro atoms. The number of carbonyl (C=O) groups excluding carboxylic acids is 1. The Morgan fingerprint density at radius 2 is 1.68 bits per heavy atom. The Kier molecular flexibility index (Phi) is 1.96. The van der Waals surface area contributed by atoms with Gasteiger partial charge in [-0.2, -0.15) is 0 Å². The van der Waals surface area contributed by atoms with E-state index in [1.54, 1.807) is 11.1 Å². The third kappa shape index (κ3) is 1.14. The van der Waals surface area contributed by atoms with Crippen LogP contribution in [0, 0.1) is 23.7 Å². The van der Waals surface area contributed by atoms with Gasteiger partial charge in [0, 0.05) is 5.56 Å². The van der Waals surface area contributed by atoms with Crippen molar-refractivity contribution in [2.24, 2.45) is 23.7 Å². The van der Waals surface area contributed by atoms with E-state index in [9.17, 15) is 4.79 Å². The molecule has 108 valence electrons. The minimum atomic E-state index is 0.732. The van der Waals surface area contributed by atoms with E-state index in [1.165, 1.54) is 18.2 Å². The summed E-state index contributed by atoms with van der Waals surface area (Å²) in [6.07, 6.45) is 8.74. The van der Waals surface area contributed by atoms with Crippen LogP contribution in [-0.4, -0.2) is 6.29 Å². The van der Waals surface area contributed by atoms with E-state index in [-0.39, 0.29) is 0 Å². The van der Waals surface area contributed by atoms with Crippen LogP contribution in [0.5, 0.6) is 0 Å². The second kappa shape index (κ2) is 3.71. The summed E-state index contributed by atoms with van der Waals surface area (Å²) in [4.78, 5) is 11.4. The zero-order valence-corrected chi connectivity index (χ0v) is 12.4. The van der Waals surface area contributed by atoms with E-state index >= 15 is 0 Å². The molecule has 2 fully saturated rings. The second-order valence-corrected chi connectivity index (χ2v) is 7.68. The van der Waals surface area contributed by atoms with Crippen molar-refractivity contribution in [1.82, 2.24) is 0 Å². The predicted molar refractivity (Wildman–Crippen MR) is 87.2 cm³/mol. The Morgan fingerprint density at radius 3 is 2.50 bits per heavy atom. The van der Waals surface area contributed by atoms with Crippen molar-refractivity contribution in [3.8, 4) is 0 Å². The van der Waals surface area contributed by atoms with Crippen LogP contribution < -0.4 is 0 Å². The van der Waals surface area contributed by atoms with Crippen LogP contribution in [0.2, 0.25) is 0 Å². The van der Waals surface area contributed by atoms with Crippen molar-refractivity contribution in [2.75, 3.05) is 0 Å². The molecule has 4 bridgehead atoms. The normalized spacial score (nSPS) is 39.5. The molecule has 22 heavy (non-hydrogen) atoms. The molecule has 0 saturated heterocycles. The molecule has 2 saturated carbocycles. The van der Waals surface area contributed by atoms with Crippen LogP contribution in [0.15, 0.2) is 42.5 Å². The van der Waals surface area contributed by atoms with Crippen LogP contribution in [0.1, 0.15) is 46.2 Å². The van der Waals surface area contributed by atoms with E-state index in [1.807, 2.05) is 6.07 Å². The molecule has 4 aliphatic rings. The van der Waals surface area contributed by atoms with Crippen LogP contribution in [-0.2, 0) is 0 Å². The third-order valence-electron chi connectivity index (χ3n) is 7.09. The standard InChI is InChI=1S/C21H18O/c22-10-13-2-1-3-15-14(13)6-7-16-17-9-18(21(15)16)20-12-5-4-11(8-12)19(17)20/h1-7,10-12,17-20H,8-9H2. The van der Waals surface area contributed by atoms with Crippen molar-refractivity contribution < 1.29 is 4.79 Å². The largest absolute Gasteiger partial charge is 0.298 e. The Bertz CT molecular complexity index is 862. The van der Waals surface area contributed by atoms with Gasteiger partial charge in [0.05, 0.1) is 0 Å². The van der Waals surface area contributed by atoms with Crippen molar-refractivity contribution in [1.29, 1.82) is 0 Å². The fourth-order valence-electron chi connectivity index (χ4n) is 6.53. The molecule has 2 aromatic carbocycles. The van der Waals surface area contributed by atoms with Gasteiger partial charge in [-0.05, 0) is 70.2 Å². The minimum Gasteiger partial charge on any atom is -0.298 e. The Morgan fingerprint density at radius 1 is 0.864 bits per heavy atom. The molecule has 0 amide bonds. The van der Waals surface area contributed by atoms with E-state index in [2.05, 4.69) is 36.4 Å². The fourth-order valence-corrected chi connectivity index (χ4v) is 6.53. The first-order valence-corrected chi connectivity index (χ1v) is 8.56. The molecule has 0 heterocycles.